The summed E-state index contributed by atoms with van der Waals surface area (Å²) < 4.78 is 13.0. The largest absolute Gasteiger partial charge is 0.335 e. The van der Waals surface area contributed by atoms with E-state index in [9.17, 15) is 9.18 Å². The van der Waals surface area contributed by atoms with Crippen LogP contribution in [0.15, 0.2) is 18.2 Å². The molecule has 1 amide bonds. The highest BCUT2D eigenvalue weighted by Gasteiger charge is 2.26. The quantitative estimate of drug-likeness (QED) is 0.926. The molecule has 0 radical (unpaired) electrons. The molecule has 1 heterocycles. The molecule has 0 saturated carbocycles. The average molecular weight is 285 g/mol. The average Bonchev–Trinajstić information content (AvgIpc) is 2.40. The van der Waals surface area contributed by atoms with Crippen LogP contribution in [0.3, 0.4) is 0 Å². The van der Waals surface area contributed by atoms with Gasteiger partial charge in [-0.05, 0) is 44.5 Å². The molecule has 104 valence electrons. The first kappa shape index (κ1) is 14.3. The number of halogens is 2. The number of amides is 1. The molecule has 5 heteroatoms. The second-order valence-electron chi connectivity index (χ2n) is 4.72. The zero-order valence-corrected chi connectivity index (χ0v) is 11.7. The minimum absolute atomic E-state index is 0.124. The fourth-order valence-corrected chi connectivity index (χ4v) is 2.73. The van der Waals surface area contributed by atoms with Gasteiger partial charge in [0.25, 0.3) is 5.91 Å². The van der Waals surface area contributed by atoms with Crippen LogP contribution in [0.4, 0.5) is 4.39 Å². The van der Waals surface area contributed by atoms with E-state index in [1.54, 1.807) is 0 Å². The number of hydrogen-bond donors (Lipinski definition) is 1. The third kappa shape index (κ3) is 3.25. The van der Waals surface area contributed by atoms with Crippen molar-refractivity contribution in [2.24, 2.45) is 0 Å². The summed E-state index contributed by atoms with van der Waals surface area (Å²) in [5.41, 5.74) is 0.371. The molecule has 1 atom stereocenters. The van der Waals surface area contributed by atoms with Crippen molar-refractivity contribution in [2.75, 3.05) is 19.6 Å². The fraction of sp³-hybridized carbons (Fsp3) is 0.500. The highest BCUT2D eigenvalue weighted by molar-refractivity contribution is 6.33. The maximum atomic E-state index is 13.0. The number of carbonyl (C=O) groups excluding carboxylic acids is 1. The van der Waals surface area contributed by atoms with Crippen molar-refractivity contribution in [2.45, 2.75) is 25.8 Å². The summed E-state index contributed by atoms with van der Waals surface area (Å²) in [6.45, 7) is 4.38. The SMILES string of the molecule is CCN(C(=O)c1ccc(F)cc1Cl)C1CCCNC1. The van der Waals surface area contributed by atoms with Crippen LogP contribution in [-0.2, 0) is 0 Å². The van der Waals surface area contributed by atoms with Crippen molar-refractivity contribution in [3.63, 3.8) is 0 Å². The molecule has 1 unspecified atom stereocenters. The van der Waals surface area contributed by atoms with Gasteiger partial charge in [0, 0.05) is 19.1 Å². The van der Waals surface area contributed by atoms with E-state index in [4.69, 9.17) is 11.6 Å². The highest BCUT2D eigenvalue weighted by atomic mass is 35.5. The third-order valence-electron chi connectivity index (χ3n) is 3.47. The topological polar surface area (TPSA) is 32.3 Å². The minimum atomic E-state index is -0.427. The van der Waals surface area contributed by atoms with Gasteiger partial charge in [-0.2, -0.15) is 0 Å². The van der Waals surface area contributed by atoms with Crippen molar-refractivity contribution in [1.82, 2.24) is 10.2 Å². The van der Waals surface area contributed by atoms with Gasteiger partial charge in [0.15, 0.2) is 0 Å². The van der Waals surface area contributed by atoms with Crippen molar-refractivity contribution in [1.29, 1.82) is 0 Å². The highest BCUT2D eigenvalue weighted by Crippen LogP contribution is 2.21. The van der Waals surface area contributed by atoms with Crippen LogP contribution in [0.1, 0.15) is 30.1 Å². The lowest BCUT2D eigenvalue weighted by atomic mass is 10.0. The zero-order chi connectivity index (χ0) is 13.8. The maximum absolute atomic E-state index is 13.0. The zero-order valence-electron chi connectivity index (χ0n) is 11.0. The van der Waals surface area contributed by atoms with Gasteiger partial charge in [-0.1, -0.05) is 11.6 Å². The van der Waals surface area contributed by atoms with Crippen LogP contribution in [-0.4, -0.2) is 36.5 Å². The standard InChI is InChI=1S/C14H18ClFN2O/c1-2-18(11-4-3-7-17-9-11)14(19)12-6-5-10(16)8-13(12)15/h5-6,8,11,17H,2-4,7,9H2,1H3. The molecule has 1 aliphatic heterocycles. The van der Waals surface area contributed by atoms with E-state index in [1.165, 1.54) is 18.2 Å². The molecule has 0 spiro atoms. The molecule has 1 fully saturated rings. The Labute approximate surface area is 117 Å². The van der Waals surface area contributed by atoms with Gasteiger partial charge >= 0.3 is 0 Å². The summed E-state index contributed by atoms with van der Waals surface area (Å²) in [5.74, 6) is -0.551. The summed E-state index contributed by atoms with van der Waals surface area (Å²) in [4.78, 5) is 14.3. The van der Waals surface area contributed by atoms with Crippen LogP contribution in [0.2, 0.25) is 5.02 Å². The van der Waals surface area contributed by atoms with Crippen molar-refractivity contribution in [3.05, 3.63) is 34.6 Å². The molecule has 3 nitrogen and oxygen atoms in total. The molecule has 1 N–H and O–H groups in total. The van der Waals surface area contributed by atoms with Gasteiger partial charge in [-0.25, -0.2) is 4.39 Å². The van der Waals surface area contributed by atoms with Gasteiger partial charge in [0.2, 0.25) is 0 Å². The number of nitrogens with one attached hydrogen (secondary N) is 1. The van der Waals surface area contributed by atoms with Crippen LogP contribution in [0.25, 0.3) is 0 Å². The molecule has 0 aliphatic carbocycles. The monoisotopic (exact) mass is 284 g/mol. The van der Waals surface area contributed by atoms with E-state index in [0.29, 0.717) is 12.1 Å². The summed E-state index contributed by atoms with van der Waals surface area (Å²) >= 11 is 5.96. The Morgan fingerprint density at radius 2 is 2.37 bits per heavy atom. The lowest BCUT2D eigenvalue weighted by molar-refractivity contribution is 0.0662. The number of carbonyl (C=O) groups is 1. The fourth-order valence-electron chi connectivity index (χ4n) is 2.48. The van der Waals surface area contributed by atoms with E-state index in [2.05, 4.69) is 5.32 Å². The van der Waals surface area contributed by atoms with Gasteiger partial charge in [0.1, 0.15) is 5.82 Å². The van der Waals surface area contributed by atoms with E-state index < -0.39 is 5.82 Å². The number of benzene rings is 1. The Morgan fingerprint density at radius 1 is 1.58 bits per heavy atom. The Bertz CT molecular complexity index is 461. The van der Waals surface area contributed by atoms with E-state index >= 15 is 0 Å². The summed E-state index contributed by atoms with van der Waals surface area (Å²) in [5, 5.41) is 3.47. The molecule has 0 aromatic heterocycles. The predicted octanol–water partition coefficient (Wildman–Crippen LogP) is 2.69. The van der Waals surface area contributed by atoms with Crippen LogP contribution in [0.5, 0.6) is 0 Å². The number of piperidine rings is 1. The summed E-state index contributed by atoms with van der Waals surface area (Å²) in [6.07, 6.45) is 2.05. The number of likely N-dealkylation sites (N-methyl/N-ethyl adjacent to an activating group) is 1. The summed E-state index contributed by atoms with van der Waals surface area (Å²) in [6, 6.07) is 4.10. The maximum Gasteiger partial charge on any atom is 0.255 e. The van der Waals surface area contributed by atoms with Gasteiger partial charge < -0.3 is 10.2 Å². The Balaban J connectivity index is 2.19. The number of nitrogens with zero attached hydrogens (tertiary/aromatic N) is 1. The number of hydrogen-bond acceptors (Lipinski definition) is 2. The first-order valence-electron chi connectivity index (χ1n) is 6.60. The number of rotatable bonds is 3. The van der Waals surface area contributed by atoms with Crippen LogP contribution < -0.4 is 5.32 Å². The van der Waals surface area contributed by atoms with E-state index in [0.717, 1.165) is 25.9 Å². The normalized spacial score (nSPS) is 19.2. The minimum Gasteiger partial charge on any atom is -0.335 e. The van der Waals surface area contributed by atoms with Crippen LogP contribution >= 0.6 is 11.6 Å². The van der Waals surface area contributed by atoms with Crippen molar-refractivity contribution in [3.8, 4) is 0 Å². The molecule has 1 aromatic rings. The molecule has 2 rings (SSSR count). The lowest BCUT2D eigenvalue weighted by Gasteiger charge is -2.34. The molecular weight excluding hydrogens is 267 g/mol. The predicted molar refractivity (Wildman–Crippen MR) is 74.0 cm³/mol. The van der Waals surface area contributed by atoms with Gasteiger partial charge in [-0.3, -0.25) is 4.79 Å². The Hall–Kier alpha value is -1.13. The van der Waals surface area contributed by atoms with E-state index in [1.807, 2.05) is 11.8 Å². The molecule has 19 heavy (non-hydrogen) atoms. The molecular formula is C14H18ClFN2O. The Morgan fingerprint density at radius 3 is 2.95 bits per heavy atom. The second kappa shape index (κ2) is 6.35. The van der Waals surface area contributed by atoms with E-state index in [-0.39, 0.29) is 17.0 Å². The van der Waals surface area contributed by atoms with Crippen molar-refractivity contribution < 1.29 is 9.18 Å². The first-order valence-corrected chi connectivity index (χ1v) is 6.98. The molecule has 1 aromatic carbocycles. The van der Waals surface area contributed by atoms with Crippen LogP contribution in [0, 0.1) is 5.82 Å². The molecule has 1 saturated heterocycles. The first-order chi connectivity index (χ1) is 9.13. The summed E-state index contributed by atoms with van der Waals surface area (Å²) in [7, 11) is 0. The Kier molecular flexibility index (Phi) is 4.77. The third-order valence-corrected chi connectivity index (χ3v) is 3.79. The van der Waals surface area contributed by atoms with Gasteiger partial charge in [0.05, 0.1) is 10.6 Å². The second-order valence-corrected chi connectivity index (χ2v) is 5.12. The van der Waals surface area contributed by atoms with Crippen molar-refractivity contribution >= 4 is 17.5 Å². The van der Waals surface area contributed by atoms with Gasteiger partial charge in [-0.15, -0.1) is 0 Å². The molecule has 0 bridgehead atoms. The smallest absolute Gasteiger partial charge is 0.255 e. The lowest BCUT2D eigenvalue weighted by Crippen LogP contribution is -2.48. The molecule has 1 aliphatic rings.